The lowest BCUT2D eigenvalue weighted by molar-refractivity contribution is -0.274. The van der Waals surface area contributed by atoms with Gasteiger partial charge in [0, 0.05) is 0 Å². The zero-order valence-corrected chi connectivity index (χ0v) is 14.4. The molecule has 0 aliphatic rings. The summed E-state index contributed by atoms with van der Waals surface area (Å²) in [5.74, 6) is -2.70. The number of carboxylic acid groups (broad SMARTS) is 1. The SMILES string of the molecule is CCCC(NC(=O)CNS(=O)(=O)c1ccc(OC(F)(F)F)cc1)C(=O)O. The van der Waals surface area contributed by atoms with Gasteiger partial charge in [-0.05, 0) is 30.7 Å². The van der Waals surface area contributed by atoms with E-state index in [2.05, 4.69) is 10.1 Å². The number of carbonyl (C=O) groups excluding carboxylic acids is 1. The van der Waals surface area contributed by atoms with Crippen molar-refractivity contribution in [2.45, 2.75) is 37.1 Å². The summed E-state index contributed by atoms with van der Waals surface area (Å²) in [4.78, 5) is 22.2. The van der Waals surface area contributed by atoms with Crippen molar-refractivity contribution in [3.05, 3.63) is 24.3 Å². The zero-order valence-electron chi connectivity index (χ0n) is 13.5. The van der Waals surface area contributed by atoms with Gasteiger partial charge in [-0.15, -0.1) is 13.2 Å². The summed E-state index contributed by atoms with van der Waals surface area (Å²) < 4.78 is 65.8. The quantitative estimate of drug-likeness (QED) is 0.575. The van der Waals surface area contributed by atoms with Crippen LogP contribution in [0.2, 0.25) is 0 Å². The molecule has 0 aromatic heterocycles. The Kier molecular flexibility index (Phi) is 7.39. The maximum absolute atomic E-state index is 12.1. The van der Waals surface area contributed by atoms with E-state index in [1.807, 2.05) is 4.72 Å². The summed E-state index contributed by atoms with van der Waals surface area (Å²) in [5.41, 5.74) is 0. The number of sulfonamides is 1. The fraction of sp³-hybridized carbons (Fsp3) is 0.429. The van der Waals surface area contributed by atoms with Crippen LogP contribution < -0.4 is 14.8 Å². The normalized spacial score (nSPS) is 13.1. The smallest absolute Gasteiger partial charge is 0.480 e. The summed E-state index contributed by atoms with van der Waals surface area (Å²) in [7, 11) is -4.18. The molecule has 1 unspecified atom stereocenters. The third-order valence-corrected chi connectivity index (χ3v) is 4.42. The molecule has 0 aliphatic carbocycles. The minimum Gasteiger partial charge on any atom is -0.480 e. The first-order chi connectivity index (χ1) is 11.9. The van der Waals surface area contributed by atoms with Crippen LogP contribution in [0.25, 0.3) is 0 Å². The second kappa shape index (κ2) is 8.85. The van der Waals surface area contributed by atoms with Crippen molar-refractivity contribution in [1.29, 1.82) is 0 Å². The second-order valence-electron chi connectivity index (χ2n) is 5.09. The number of benzene rings is 1. The Labute approximate surface area is 147 Å². The van der Waals surface area contributed by atoms with Crippen molar-refractivity contribution in [2.75, 3.05) is 6.54 Å². The standard InChI is InChI=1S/C14H17F3N2O6S/c1-2-3-11(13(21)22)19-12(20)8-18-26(23,24)10-6-4-9(5-7-10)25-14(15,16)17/h4-7,11,18H,2-3,8H2,1H3,(H,19,20)(H,21,22). The van der Waals surface area contributed by atoms with Crippen LogP contribution in [-0.4, -0.2) is 44.3 Å². The Morgan fingerprint density at radius 3 is 2.27 bits per heavy atom. The fourth-order valence-electron chi connectivity index (χ4n) is 1.86. The van der Waals surface area contributed by atoms with E-state index in [9.17, 15) is 31.2 Å². The molecule has 3 N–H and O–H groups in total. The van der Waals surface area contributed by atoms with Crippen LogP contribution in [0.4, 0.5) is 13.2 Å². The number of rotatable bonds is 9. The van der Waals surface area contributed by atoms with Gasteiger partial charge in [-0.2, -0.15) is 0 Å². The van der Waals surface area contributed by atoms with Crippen molar-refractivity contribution in [3.63, 3.8) is 0 Å². The summed E-state index contributed by atoms with van der Waals surface area (Å²) >= 11 is 0. The van der Waals surface area contributed by atoms with E-state index >= 15 is 0 Å². The summed E-state index contributed by atoms with van der Waals surface area (Å²) in [6.45, 7) is 0.994. The highest BCUT2D eigenvalue weighted by atomic mass is 32.2. The Morgan fingerprint density at radius 2 is 1.81 bits per heavy atom. The molecule has 0 spiro atoms. The molecule has 0 saturated carbocycles. The molecule has 0 bridgehead atoms. The summed E-state index contributed by atoms with van der Waals surface area (Å²) in [5, 5.41) is 11.1. The maximum atomic E-state index is 12.1. The first kappa shape index (κ1) is 21.7. The Hall–Kier alpha value is -2.34. The molecule has 1 atom stereocenters. The molecule has 12 heteroatoms. The van der Waals surface area contributed by atoms with Crippen molar-refractivity contribution < 1.29 is 41.0 Å². The van der Waals surface area contributed by atoms with Crippen molar-refractivity contribution in [3.8, 4) is 5.75 Å². The minimum absolute atomic E-state index is 0.175. The van der Waals surface area contributed by atoms with Crippen LogP contribution in [0.15, 0.2) is 29.2 Å². The predicted octanol–water partition coefficient (Wildman–Crippen LogP) is 1.23. The largest absolute Gasteiger partial charge is 0.573 e. The number of amides is 1. The Balaban J connectivity index is 2.68. The average molecular weight is 398 g/mol. The van der Waals surface area contributed by atoms with Crippen LogP contribution in [-0.2, 0) is 19.6 Å². The van der Waals surface area contributed by atoms with E-state index in [1.54, 1.807) is 6.92 Å². The molecule has 1 aromatic rings. The number of nitrogens with one attached hydrogen (secondary N) is 2. The van der Waals surface area contributed by atoms with Crippen molar-refractivity contribution in [2.24, 2.45) is 0 Å². The maximum Gasteiger partial charge on any atom is 0.573 e. The molecule has 146 valence electrons. The number of carboxylic acids is 1. The lowest BCUT2D eigenvalue weighted by atomic mass is 10.2. The molecular formula is C14H17F3N2O6S. The molecule has 0 fully saturated rings. The van der Waals surface area contributed by atoms with Gasteiger partial charge in [-0.3, -0.25) is 4.79 Å². The van der Waals surface area contributed by atoms with E-state index in [-0.39, 0.29) is 11.3 Å². The second-order valence-corrected chi connectivity index (χ2v) is 6.86. The van der Waals surface area contributed by atoms with Gasteiger partial charge in [0.2, 0.25) is 15.9 Å². The average Bonchev–Trinajstić information content (AvgIpc) is 2.51. The zero-order chi connectivity index (χ0) is 20.0. The monoisotopic (exact) mass is 398 g/mol. The third kappa shape index (κ3) is 7.27. The molecule has 0 saturated heterocycles. The Morgan fingerprint density at radius 1 is 1.23 bits per heavy atom. The van der Waals surface area contributed by atoms with Gasteiger partial charge in [0.1, 0.15) is 11.8 Å². The number of carbonyl (C=O) groups is 2. The fourth-order valence-corrected chi connectivity index (χ4v) is 2.84. The van der Waals surface area contributed by atoms with Gasteiger partial charge in [0.25, 0.3) is 0 Å². The predicted molar refractivity (Wildman–Crippen MR) is 82.8 cm³/mol. The van der Waals surface area contributed by atoms with Gasteiger partial charge in [0.05, 0.1) is 11.4 Å². The lowest BCUT2D eigenvalue weighted by Gasteiger charge is -2.14. The van der Waals surface area contributed by atoms with Gasteiger partial charge < -0.3 is 15.2 Å². The number of hydrogen-bond acceptors (Lipinski definition) is 5. The molecule has 1 aromatic carbocycles. The summed E-state index contributed by atoms with van der Waals surface area (Å²) in [6, 6.07) is 2.22. The van der Waals surface area contributed by atoms with E-state index < -0.39 is 46.6 Å². The first-order valence-corrected chi connectivity index (χ1v) is 8.80. The number of halogens is 3. The van der Waals surface area contributed by atoms with Crippen LogP contribution in [0.1, 0.15) is 19.8 Å². The molecular weight excluding hydrogens is 381 g/mol. The van der Waals surface area contributed by atoms with Crippen LogP contribution in [0, 0.1) is 0 Å². The van der Waals surface area contributed by atoms with Gasteiger partial charge in [-0.1, -0.05) is 13.3 Å². The number of aliphatic carboxylic acids is 1. The van der Waals surface area contributed by atoms with Gasteiger partial charge in [-0.25, -0.2) is 17.9 Å². The molecule has 26 heavy (non-hydrogen) atoms. The highest BCUT2D eigenvalue weighted by Crippen LogP contribution is 2.23. The molecule has 0 aliphatic heterocycles. The topological polar surface area (TPSA) is 122 Å². The molecule has 8 nitrogen and oxygen atoms in total. The molecule has 0 heterocycles. The summed E-state index contributed by atoms with van der Waals surface area (Å²) in [6.07, 6.45) is -4.24. The van der Waals surface area contributed by atoms with Crippen molar-refractivity contribution in [1.82, 2.24) is 10.0 Å². The number of ether oxygens (including phenoxy) is 1. The van der Waals surface area contributed by atoms with E-state index in [4.69, 9.17) is 5.11 Å². The Bertz CT molecular complexity index is 734. The highest BCUT2D eigenvalue weighted by molar-refractivity contribution is 7.89. The third-order valence-electron chi connectivity index (χ3n) is 3.00. The van der Waals surface area contributed by atoms with E-state index in [0.29, 0.717) is 6.42 Å². The van der Waals surface area contributed by atoms with Crippen LogP contribution >= 0.6 is 0 Å². The van der Waals surface area contributed by atoms with Gasteiger partial charge in [0.15, 0.2) is 0 Å². The van der Waals surface area contributed by atoms with E-state index in [1.165, 1.54) is 0 Å². The van der Waals surface area contributed by atoms with E-state index in [0.717, 1.165) is 24.3 Å². The number of hydrogen-bond donors (Lipinski definition) is 3. The molecule has 1 rings (SSSR count). The van der Waals surface area contributed by atoms with Crippen molar-refractivity contribution >= 4 is 21.9 Å². The van der Waals surface area contributed by atoms with Gasteiger partial charge >= 0.3 is 12.3 Å². The lowest BCUT2D eigenvalue weighted by Crippen LogP contribution is -2.45. The number of alkyl halides is 3. The highest BCUT2D eigenvalue weighted by Gasteiger charge is 2.31. The molecule has 1 amide bonds. The van der Waals surface area contributed by atoms with Crippen LogP contribution in [0.5, 0.6) is 5.75 Å². The first-order valence-electron chi connectivity index (χ1n) is 7.32. The van der Waals surface area contributed by atoms with Crippen LogP contribution in [0.3, 0.4) is 0 Å². The molecule has 0 radical (unpaired) electrons. The minimum atomic E-state index is -4.91.